The molecule has 0 saturated heterocycles. The molecule has 1 aromatic carbocycles. The summed E-state index contributed by atoms with van der Waals surface area (Å²) in [5, 5.41) is 3.61. The largest absolute Gasteiger partial charge is 0.496 e. The van der Waals surface area contributed by atoms with Crippen LogP contribution in [0.2, 0.25) is 0 Å². The summed E-state index contributed by atoms with van der Waals surface area (Å²) in [6, 6.07) is 8.60. The van der Waals surface area contributed by atoms with Gasteiger partial charge < -0.3 is 10.1 Å². The first-order valence-corrected chi connectivity index (χ1v) is 6.58. The predicted octanol–water partition coefficient (Wildman–Crippen LogP) is 3.39. The lowest BCUT2D eigenvalue weighted by molar-refractivity contribution is 0.391. The van der Waals surface area contributed by atoms with E-state index in [0.29, 0.717) is 6.04 Å². The van der Waals surface area contributed by atoms with Crippen molar-refractivity contribution in [1.29, 1.82) is 0 Å². The van der Waals surface area contributed by atoms with E-state index in [9.17, 15) is 0 Å². The molecule has 1 saturated carbocycles. The van der Waals surface area contributed by atoms with Gasteiger partial charge in [0.15, 0.2) is 0 Å². The van der Waals surface area contributed by atoms with E-state index in [-0.39, 0.29) is 0 Å². The second-order valence-corrected chi connectivity index (χ2v) is 5.19. The summed E-state index contributed by atoms with van der Waals surface area (Å²) in [7, 11) is 1.73. The van der Waals surface area contributed by atoms with Crippen molar-refractivity contribution in [2.75, 3.05) is 13.7 Å². The molecule has 1 aromatic rings. The van der Waals surface area contributed by atoms with Crippen LogP contribution in [0.25, 0.3) is 0 Å². The molecule has 0 spiro atoms. The molecule has 0 amide bonds. The van der Waals surface area contributed by atoms with E-state index in [2.05, 4.69) is 31.3 Å². The number of ether oxygens (including phenoxy) is 1. The van der Waals surface area contributed by atoms with Gasteiger partial charge in [0, 0.05) is 11.6 Å². The van der Waals surface area contributed by atoms with Crippen molar-refractivity contribution in [2.24, 2.45) is 11.8 Å². The van der Waals surface area contributed by atoms with E-state index in [0.717, 1.165) is 24.1 Å². The van der Waals surface area contributed by atoms with Crippen LogP contribution in [0.4, 0.5) is 0 Å². The van der Waals surface area contributed by atoms with Crippen LogP contribution in [0.15, 0.2) is 24.3 Å². The molecule has 1 N–H and O–H groups in total. The SMILES string of the molecule is COc1ccccc1C(C)NCC(C)C1CC1. The Bertz CT molecular complexity index is 360. The van der Waals surface area contributed by atoms with Crippen LogP contribution < -0.4 is 10.1 Å². The minimum atomic E-state index is 0.354. The Morgan fingerprint density at radius 3 is 2.65 bits per heavy atom. The molecule has 0 heterocycles. The van der Waals surface area contributed by atoms with Gasteiger partial charge in [0.25, 0.3) is 0 Å². The van der Waals surface area contributed by atoms with E-state index in [1.54, 1.807) is 7.11 Å². The molecule has 0 radical (unpaired) electrons. The van der Waals surface area contributed by atoms with Gasteiger partial charge in [0.05, 0.1) is 7.11 Å². The third-order valence-corrected chi connectivity index (χ3v) is 3.78. The van der Waals surface area contributed by atoms with Crippen LogP contribution >= 0.6 is 0 Å². The van der Waals surface area contributed by atoms with Gasteiger partial charge in [-0.2, -0.15) is 0 Å². The lowest BCUT2D eigenvalue weighted by atomic mass is 10.0. The second kappa shape index (κ2) is 5.54. The van der Waals surface area contributed by atoms with E-state index in [4.69, 9.17) is 4.74 Å². The summed E-state index contributed by atoms with van der Waals surface area (Å²) < 4.78 is 5.39. The van der Waals surface area contributed by atoms with Crippen LogP contribution in [0, 0.1) is 11.8 Å². The molecule has 2 heteroatoms. The molecule has 2 atom stereocenters. The molecule has 1 aliphatic rings. The van der Waals surface area contributed by atoms with Gasteiger partial charge in [-0.15, -0.1) is 0 Å². The number of hydrogen-bond donors (Lipinski definition) is 1. The normalized spacial score (nSPS) is 18.8. The minimum absolute atomic E-state index is 0.354. The summed E-state index contributed by atoms with van der Waals surface area (Å²) >= 11 is 0. The molecule has 1 aliphatic carbocycles. The standard InChI is InChI=1S/C15H23NO/c1-11(13-8-9-13)10-16-12(2)14-6-4-5-7-15(14)17-3/h4-7,11-13,16H,8-10H2,1-3H3. The highest BCUT2D eigenvalue weighted by Crippen LogP contribution is 2.36. The monoisotopic (exact) mass is 233 g/mol. The van der Waals surface area contributed by atoms with Gasteiger partial charge in [0.1, 0.15) is 5.75 Å². The van der Waals surface area contributed by atoms with Gasteiger partial charge in [-0.25, -0.2) is 0 Å². The van der Waals surface area contributed by atoms with Gasteiger partial charge in [-0.05, 0) is 44.2 Å². The first kappa shape index (κ1) is 12.4. The molecule has 17 heavy (non-hydrogen) atoms. The van der Waals surface area contributed by atoms with Crippen molar-refractivity contribution in [2.45, 2.75) is 32.7 Å². The molecular formula is C15H23NO. The first-order valence-electron chi connectivity index (χ1n) is 6.58. The highest BCUT2D eigenvalue weighted by atomic mass is 16.5. The topological polar surface area (TPSA) is 21.3 Å². The lowest BCUT2D eigenvalue weighted by Crippen LogP contribution is -2.25. The average Bonchev–Trinajstić information content (AvgIpc) is 3.19. The Labute approximate surface area is 104 Å². The van der Waals surface area contributed by atoms with Crippen LogP contribution in [-0.2, 0) is 0 Å². The Morgan fingerprint density at radius 1 is 1.29 bits per heavy atom. The van der Waals surface area contributed by atoms with Gasteiger partial charge in [-0.3, -0.25) is 0 Å². The zero-order chi connectivity index (χ0) is 12.3. The molecule has 0 aliphatic heterocycles. The van der Waals surface area contributed by atoms with Crippen molar-refractivity contribution in [3.05, 3.63) is 29.8 Å². The van der Waals surface area contributed by atoms with E-state index in [1.165, 1.54) is 18.4 Å². The highest BCUT2D eigenvalue weighted by Gasteiger charge is 2.27. The number of para-hydroxylation sites is 1. The van der Waals surface area contributed by atoms with E-state index < -0.39 is 0 Å². The van der Waals surface area contributed by atoms with Gasteiger partial charge in [0.2, 0.25) is 0 Å². The second-order valence-electron chi connectivity index (χ2n) is 5.19. The summed E-state index contributed by atoms with van der Waals surface area (Å²) in [5.41, 5.74) is 1.25. The Hall–Kier alpha value is -1.02. The van der Waals surface area contributed by atoms with E-state index in [1.807, 2.05) is 12.1 Å². The highest BCUT2D eigenvalue weighted by molar-refractivity contribution is 5.35. The fraction of sp³-hybridized carbons (Fsp3) is 0.600. The Kier molecular flexibility index (Phi) is 4.06. The predicted molar refractivity (Wildman–Crippen MR) is 71.3 cm³/mol. The Morgan fingerprint density at radius 2 is 2.00 bits per heavy atom. The quantitative estimate of drug-likeness (QED) is 0.813. The van der Waals surface area contributed by atoms with Crippen molar-refractivity contribution in [3.8, 4) is 5.75 Å². The third kappa shape index (κ3) is 3.22. The van der Waals surface area contributed by atoms with Gasteiger partial charge >= 0.3 is 0 Å². The number of hydrogen-bond acceptors (Lipinski definition) is 2. The number of benzene rings is 1. The molecule has 0 bridgehead atoms. The maximum atomic E-state index is 5.39. The molecule has 2 rings (SSSR count). The average molecular weight is 233 g/mol. The van der Waals surface area contributed by atoms with Crippen LogP contribution in [0.5, 0.6) is 5.75 Å². The van der Waals surface area contributed by atoms with E-state index >= 15 is 0 Å². The first-order chi connectivity index (χ1) is 8.22. The zero-order valence-corrected chi connectivity index (χ0v) is 11.1. The summed E-state index contributed by atoms with van der Waals surface area (Å²) in [6.45, 7) is 5.65. The maximum absolute atomic E-state index is 5.39. The minimum Gasteiger partial charge on any atom is -0.496 e. The van der Waals surface area contributed by atoms with Crippen LogP contribution in [-0.4, -0.2) is 13.7 Å². The number of nitrogens with one attached hydrogen (secondary N) is 1. The molecule has 0 aromatic heterocycles. The molecule has 2 unspecified atom stereocenters. The van der Waals surface area contributed by atoms with Crippen LogP contribution in [0.1, 0.15) is 38.3 Å². The smallest absolute Gasteiger partial charge is 0.123 e. The summed E-state index contributed by atoms with van der Waals surface area (Å²) in [5.74, 6) is 2.74. The number of rotatable bonds is 6. The Balaban J connectivity index is 1.91. The summed E-state index contributed by atoms with van der Waals surface area (Å²) in [4.78, 5) is 0. The summed E-state index contributed by atoms with van der Waals surface area (Å²) in [6.07, 6.45) is 2.85. The third-order valence-electron chi connectivity index (χ3n) is 3.78. The maximum Gasteiger partial charge on any atom is 0.123 e. The molecular weight excluding hydrogens is 210 g/mol. The molecule has 2 nitrogen and oxygen atoms in total. The fourth-order valence-electron chi connectivity index (χ4n) is 2.33. The lowest BCUT2D eigenvalue weighted by Gasteiger charge is -2.19. The molecule has 1 fully saturated rings. The van der Waals surface area contributed by atoms with Crippen molar-refractivity contribution in [3.63, 3.8) is 0 Å². The van der Waals surface area contributed by atoms with Crippen LogP contribution in [0.3, 0.4) is 0 Å². The molecule has 94 valence electrons. The zero-order valence-electron chi connectivity index (χ0n) is 11.1. The van der Waals surface area contributed by atoms with Gasteiger partial charge in [-0.1, -0.05) is 25.1 Å². The van der Waals surface area contributed by atoms with Crippen molar-refractivity contribution < 1.29 is 4.74 Å². The van der Waals surface area contributed by atoms with Crippen molar-refractivity contribution in [1.82, 2.24) is 5.32 Å². The number of methoxy groups -OCH3 is 1. The van der Waals surface area contributed by atoms with Crippen molar-refractivity contribution >= 4 is 0 Å². The fourth-order valence-corrected chi connectivity index (χ4v) is 2.33.